The summed E-state index contributed by atoms with van der Waals surface area (Å²) < 4.78 is 0. The minimum atomic E-state index is -0.143. The molecular weight excluding hydrogens is 216 g/mol. The maximum atomic E-state index is 11.6. The molecular formula is C12H20N4O. The first-order chi connectivity index (χ1) is 8.02. The number of aromatic nitrogens is 2. The highest BCUT2D eigenvalue weighted by Gasteiger charge is 2.08. The van der Waals surface area contributed by atoms with Crippen LogP contribution in [0, 0.1) is 0 Å². The predicted molar refractivity (Wildman–Crippen MR) is 68.0 cm³/mol. The SMILES string of the molecule is CCC(C)Nc1ncc(C(=O)NC(C)C)cn1. The van der Waals surface area contributed by atoms with E-state index in [-0.39, 0.29) is 11.9 Å². The molecule has 5 nitrogen and oxygen atoms in total. The molecule has 0 spiro atoms. The van der Waals surface area contributed by atoms with Crippen molar-refractivity contribution in [3.05, 3.63) is 18.0 Å². The minimum absolute atomic E-state index is 0.111. The number of amides is 1. The van der Waals surface area contributed by atoms with Crippen LogP contribution in [-0.4, -0.2) is 28.0 Å². The Bertz CT molecular complexity index is 361. The summed E-state index contributed by atoms with van der Waals surface area (Å²) in [6.45, 7) is 7.97. The lowest BCUT2D eigenvalue weighted by Gasteiger charge is -2.11. The van der Waals surface area contributed by atoms with Gasteiger partial charge in [0.1, 0.15) is 0 Å². The summed E-state index contributed by atoms with van der Waals surface area (Å²) in [5, 5.41) is 5.94. The standard InChI is InChI=1S/C12H20N4O/c1-5-9(4)16-12-13-6-10(7-14-12)11(17)15-8(2)3/h6-9H,5H2,1-4H3,(H,15,17)(H,13,14,16). The van der Waals surface area contributed by atoms with Gasteiger partial charge in [0.05, 0.1) is 5.56 Å². The Morgan fingerprint density at radius 2 is 1.88 bits per heavy atom. The molecule has 1 atom stereocenters. The number of anilines is 1. The second kappa shape index (κ2) is 6.18. The highest BCUT2D eigenvalue weighted by molar-refractivity contribution is 5.93. The van der Waals surface area contributed by atoms with E-state index in [1.807, 2.05) is 13.8 Å². The number of hydrogen-bond donors (Lipinski definition) is 2. The fraction of sp³-hybridized carbons (Fsp3) is 0.583. The lowest BCUT2D eigenvalue weighted by Crippen LogP contribution is -2.30. The quantitative estimate of drug-likeness (QED) is 0.818. The fourth-order valence-corrected chi connectivity index (χ4v) is 1.19. The number of hydrogen-bond acceptors (Lipinski definition) is 4. The Balaban J connectivity index is 2.64. The fourth-order valence-electron chi connectivity index (χ4n) is 1.19. The highest BCUT2D eigenvalue weighted by atomic mass is 16.1. The van der Waals surface area contributed by atoms with Gasteiger partial charge in [-0.3, -0.25) is 4.79 Å². The molecule has 1 amide bonds. The van der Waals surface area contributed by atoms with Crippen LogP contribution >= 0.6 is 0 Å². The highest BCUT2D eigenvalue weighted by Crippen LogP contribution is 2.03. The molecule has 0 radical (unpaired) electrons. The minimum Gasteiger partial charge on any atom is -0.352 e. The molecule has 1 aromatic heterocycles. The third-order valence-corrected chi connectivity index (χ3v) is 2.32. The molecule has 17 heavy (non-hydrogen) atoms. The zero-order valence-corrected chi connectivity index (χ0v) is 10.8. The Hall–Kier alpha value is -1.65. The van der Waals surface area contributed by atoms with E-state index < -0.39 is 0 Å². The van der Waals surface area contributed by atoms with E-state index in [1.54, 1.807) is 0 Å². The van der Waals surface area contributed by atoms with Gasteiger partial charge in [0.15, 0.2) is 0 Å². The number of carbonyl (C=O) groups is 1. The van der Waals surface area contributed by atoms with Crippen LogP contribution in [0.25, 0.3) is 0 Å². The van der Waals surface area contributed by atoms with E-state index >= 15 is 0 Å². The lowest BCUT2D eigenvalue weighted by atomic mass is 10.2. The van der Waals surface area contributed by atoms with Gasteiger partial charge >= 0.3 is 0 Å². The molecule has 0 aliphatic rings. The van der Waals surface area contributed by atoms with Crippen LogP contribution in [-0.2, 0) is 0 Å². The maximum absolute atomic E-state index is 11.6. The van der Waals surface area contributed by atoms with Gasteiger partial charge in [0, 0.05) is 24.5 Å². The van der Waals surface area contributed by atoms with Crippen molar-refractivity contribution in [2.45, 2.75) is 46.2 Å². The van der Waals surface area contributed by atoms with E-state index in [9.17, 15) is 4.79 Å². The number of nitrogens with zero attached hydrogens (tertiary/aromatic N) is 2. The Morgan fingerprint density at radius 3 is 2.35 bits per heavy atom. The van der Waals surface area contributed by atoms with Crippen molar-refractivity contribution in [2.24, 2.45) is 0 Å². The largest absolute Gasteiger partial charge is 0.352 e. The second-order valence-electron chi connectivity index (χ2n) is 4.38. The molecule has 5 heteroatoms. The average molecular weight is 236 g/mol. The number of carbonyl (C=O) groups excluding carboxylic acids is 1. The van der Waals surface area contributed by atoms with Gasteiger partial charge < -0.3 is 10.6 Å². The topological polar surface area (TPSA) is 66.9 Å². The zero-order chi connectivity index (χ0) is 12.8. The molecule has 94 valence electrons. The van der Waals surface area contributed by atoms with Crippen LogP contribution in [0.3, 0.4) is 0 Å². The first-order valence-corrected chi connectivity index (χ1v) is 5.92. The van der Waals surface area contributed by atoms with E-state index in [0.717, 1.165) is 6.42 Å². The molecule has 0 aromatic carbocycles. The van der Waals surface area contributed by atoms with Crippen molar-refractivity contribution in [2.75, 3.05) is 5.32 Å². The van der Waals surface area contributed by atoms with Gasteiger partial charge in [-0.25, -0.2) is 9.97 Å². The normalized spacial score (nSPS) is 12.3. The van der Waals surface area contributed by atoms with E-state index in [4.69, 9.17) is 0 Å². The summed E-state index contributed by atoms with van der Waals surface area (Å²) >= 11 is 0. The predicted octanol–water partition coefficient (Wildman–Crippen LogP) is 1.83. The van der Waals surface area contributed by atoms with Crippen LogP contribution in [0.15, 0.2) is 12.4 Å². The van der Waals surface area contributed by atoms with Crippen molar-refractivity contribution in [1.29, 1.82) is 0 Å². The lowest BCUT2D eigenvalue weighted by molar-refractivity contribution is 0.0942. The van der Waals surface area contributed by atoms with Gasteiger partial charge in [-0.05, 0) is 27.2 Å². The molecule has 0 saturated heterocycles. The molecule has 0 saturated carbocycles. The van der Waals surface area contributed by atoms with Crippen LogP contribution in [0.1, 0.15) is 44.5 Å². The monoisotopic (exact) mass is 236 g/mol. The van der Waals surface area contributed by atoms with E-state index in [1.165, 1.54) is 12.4 Å². The molecule has 0 fully saturated rings. The van der Waals surface area contributed by atoms with Crippen molar-refractivity contribution in [1.82, 2.24) is 15.3 Å². The van der Waals surface area contributed by atoms with Crippen molar-refractivity contribution < 1.29 is 4.79 Å². The van der Waals surface area contributed by atoms with Crippen molar-refractivity contribution >= 4 is 11.9 Å². The zero-order valence-electron chi connectivity index (χ0n) is 10.8. The Kier molecular flexibility index (Phi) is 4.87. The number of nitrogens with one attached hydrogen (secondary N) is 2. The third kappa shape index (κ3) is 4.38. The smallest absolute Gasteiger partial charge is 0.254 e. The van der Waals surface area contributed by atoms with Crippen LogP contribution < -0.4 is 10.6 Å². The van der Waals surface area contributed by atoms with Gasteiger partial charge in [0.2, 0.25) is 5.95 Å². The first kappa shape index (κ1) is 13.4. The molecule has 1 aromatic rings. The summed E-state index contributed by atoms with van der Waals surface area (Å²) in [5.74, 6) is 0.413. The Morgan fingerprint density at radius 1 is 1.29 bits per heavy atom. The molecule has 1 rings (SSSR count). The molecule has 1 heterocycles. The van der Waals surface area contributed by atoms with Gasteiger partial charge in [-0.1, -0.05) is 6.92 Å². The van der Waals surface area contributed by atoms with Gasteiger partial charge in [-0.2, -0.15) is 0 Å². The summed E-state index contributed by atoms with van der Waals surface area (Å²) in [7, 11) is 0. The summed E-state index contributed by atoms with van der Waals surface area (Å²) in [5.41, 5.74) is 0.480. The maximum Gasteiger partial charge on any atom is 0.254 e. The second-order valence-corrected chi connectivity index (χ2v) is 4.38. The number of rotatable bonds is 5. The average Bonchev–Trinajstić information content (AvgIpc) is 2.28. The van der Waals surface area contributed by atoms with Crippen molar-refractivity contribution in [3.63, 3.8) is 0 Å². The molecule has 0 aliphatic heterocycles. The summed E-state index contributed by atoms with van der Waals surface area (Å²) in [6, 6.07) is 0.436. The van der Waals surface area contributed by atoms with Crippen LogP contribution in [0.5, 0.6) is 0 Å². The molecule has 2 N–H and O–H groups in total. The van der Waals surface area contributed by atoms with Gasteiger partial charge in [0.25, 0.3) is 5.91 Å². The molecule has 0 bridgehead atoms. The molecule has 0 aliphatic carbocycles. The van der Waals surface area contributed by atoms with Crippen LogP contribution in [0.2, 0.25) is 0 Å². The van der Waals surface area contributed by atoms with Crippen molar-refractivity contribution in [3.8, 4) is 0 Å². The van der Waals surface area contributed by atoms with Crippen LogP contribution in [0.4, 0.5) is 5.95 Å². The summed E-state index contributed by atoms with van der Waals surface area (Å²) in [4.78, 5) is 19.9. The first-order valence-electron chi connectivity index (χ1n) is 5.92. The molecule has 1 unspecified atom stereocenters. The van der Waals surface area contributed by atoms with E-state index in [2.05, 4.69) is 34.4 Å². The third-order valence-electron chi connectivity index (χ3n) is 2.32. The van der Waals surface area contributed by atoms with Gasteiger partial charge in [-0.15, -0.1) is 0 Å². The summed E-state index contributed by atoms with van der Waals surface area (Å²) in [6.07, 6.45) is 4.07. The Labute approximate surface area is 102 Å². The van der Waals surface area contributed by atoms with E-state index in [0.29, 0.717) is 17.6 Å².